The van der Waals surface area contributed by atoms with Gasteiger partial charge in [-0.15, -0.1) is 0 Å². The number of hydrogen-bond donors (Lipinski definition) is 2. The molecule has 0 spiro atoms. The summed E-state index contributed by atoms with van der Waals surface area (Å²) < 4.78 is 0. The van der Waals surface area contributed by atoms with Crippen molar-refractivity contribution in [2.24, 2.45) is 29.5 Å². The van der Waals surface area contributed by atoms with Gasteiger partial charge >= 0.3 is 0 Å². The molecule has 3 aliphatic rings. The van der Waals surface area contributed by atoms with E-state index in [0.29, 0.717) is 6.04 Å². The summed E-state index contributed by atoms with van der Waals surface area (Å²) in [5, 5.41) is 0. The predicted octanol–water partition coefficient (Wildman–Crippen LogP) is 3.62. The summed E-state index contributed by atoms with van der Waals surface area (Å²) in [5.41, 5.74) is 3.19. The van der Waals surface area contributed by atoms with Crippen LogP contribution in [0.15, 0.2) is 0 Å². The molecule has 18 heavy (non-hydrogen) atoms. The molecule has 2 bridgehead atoms. The van der Waals surface area contributed by atoms with Crippen LogP contribution in [0.2, 0.25) is 0 Å². The minimum absolute atomic E-state index is 0.604. The summed E-state index contributed by atoms with van der Waals surface area (Å²) in [7, 11) is 0. The fourth-order valence-corrected chi connectivity index (χ4v) is 5.10. The molecule has 3 N–H and O–H groups in total. The van der Waals surface area contributed by atoms with E-state index in [2.05, 4.69) is 5.43 Å². The van der Waals surface area contributed by atoms with E-state index in [4.69, 9.17) is 5.84 Å². The van der Waals surface area contributed by atoms with Gasteiger partial charge < -0.3 is 0 Å². The third kappa shape index (κ3) is 2.75. The van der Waals surface area contributed by atoms with Crippen molar-refractivity contribution in [3.05, 3.63) is 0 Å². The SMILES string of the molecule is NNC(CC1CC2CCC1C2)C1CCCCCC1. The second-order valence-corrected chi connectivity index (χ2v) is 7.20. The highest BCUT2D eigenvalue weighted by Gasteiger charge is 2.40. The first kappa shape index (κ1) is 12.9. The van der Waals surface area contributed by atoms with Crippen molar-refractivity contribution < 1.29 is 0 Å². The molecule has 2 nitrogen and oxygen atoms in total. The van der Waals surface area contributed by atoms with E-state index >= 15 is 0 Å². The molecular weight excluding hydrogens is 220 g/mol. The standard InChI is InChI=1S/C16H30N2/c17-18-16(13-5-3-1-2-4-6-13)11-15-10-12-7-8-14(15)9-12/h12-16,18H,1-11,17H2. The van der Waals surface area contributed by atoms with Crippen molar-refractivity contribution in [3.63, 3.8) is 0 Å². The van der Waals surface area contributed by atoms with Crippen LogP contribution in [0.4, 0.5) is 0 Å². The zero-order valence-electron chi connectivity index (χ0n) is 11.7. The van der Waals surface area contributed by atoms with Gasteiger partial charge in [-0.2, -0.15) is 0 Å². The highest BCUT2D eigenvalue weighted by molar-refractivity contribution is 4.92. The minimum Gasteiger partial charge on any atom is -0.271 e. The topological polar surface area (TPSA) is 38.0 Å². The molecule has 0 aromatic carbocycles. The summed E-state index contributed by atoms with van der Waals surface area (Å²) in [6, 6.07) is 0.604. The predicted molar refractivity (Wildman–Crippen MR) is 75.9 cm³/mol. The van der Waals surface area contributed by atoms with Crippen LogP contribution in [-0.4, -0.2) is 6.04 Å². The Kier molecular flexibility index (Phi) is 4.25. The van der Waals surface area contributed by atoms with Crippen molar-refractivity contribution in [1.29, 1.82) is 0 Å². The third-order valence-corrected chi connectivity index (χ3v) is 6.12. The Morgan fingerprint density at radius 2 is 1.72 bits per heavy atom. The highest BCUT2D eigenvalue weighted by Crippen LogP contribution is 2.50. The average Bonchev–Trinajstić information content (AvgIpc) is 2.90. The number of fused-ring (bicyclic) bond motifs is 2. The maximum absolute atomic E-state index is 5.88. The Morgan fingerprint density at radius 3 is 2.28 bits per heavy atom. The van der Waals surface area contributed by atoms with Crippen LogP contribution in [-0.2, 0) is 0 Å². The second kappa shape index (κ2) is 5.92. The lowest BCUT2D eigenvalue weighted by atomic mass is 9.79. The number of nitrogens with one attached hydrogen (secondary N) is 1. The largest absolute Gasteiger partial charge is 0.271 e. The zero-order valence-corrected chi connectivity index (χ0v) is 11.7. The molecule has 0 heterocycles. The van der Waals surface area contributed by atoms with Crippen molar-refractivity contribution in [2.75, 3.05) is 0 Å². The molecule has 0 aromatic heterocycles. The van der Waals surface area contributed by atoms with Crippen LogP contribution in [0.5, 0.6) is 0 Å². The van der Waals surface area contributed by atoms with Gasteiger partial charge in [0, 0.05) is 6.04 Å². The molecule has 3 aliphatic carbocycles. The number of nitrogens with two attached hydrogens (primary N) is 1. The maximum atomic E-state index is 5.88. The normalized spacial score (nSPS) is 38.8. The lowest BCUT2D eigenvalue weighted by Gasteiger charge is -2.31. The van der Waals surface area contributed by atoms with Crippen LogP contribution >= 0.6 is 0 Å². The summed E-state index contributed by atoms with van der Waals surface area (Å²) in [4.78, 5) is 0. The first-order valence-corrected chi connectivity index (χ1v) is 8.33. The molecule has 3 rings (SSSR count). The Labute approximate surface area is 112 Å². The molecule has 0 amide bonds. The van der Waals surface area contributed by atoms with E-state index in [1.165, 1.54) is 70.6 Å². The van der Waals surface area contributed by atoms with E-state index in [1.54, 1.807) is 0 Å². The zero-order chi connectivity index (χ0) is 12.4. The number of hydrogen-bond acceptors (Lipinski definition) is 2. The van der Waals surface area contributed by atoms with Gasteiger partial charge in [-0.1, -0.05) is 32.1 Å². The second-order valence-electron chi connectivity index (χ2n) is 7.20. The third-order valence-electron chi connectivity index (χ3n) is 6.12. The number of rotatable bonds is 4. The molecule has 3 saturated carbocycles. The fraction of sp³-hybridized carbons (Fsp3) is 1.00. The first-order valence-electron chi connectivity index (χ1n) is 8.33. The van der Waals surface area contributed by atoms with Crippen LogP contribution < -0.4 is 11.3 Å². The molecule has 104 valence electrons. The summed E-state index contributed by atoms with van der Waals surface area (Å²) in [5.74, 6) is 9.86. The van der Waals surface area contributed by atoms with Crippen molar-refractivity contribution >= 4 is 0 Å². The van der Waals surface area contributed by atoms with Crippen LogP contribution in [0.25, 0.3) is 0 Å². The highest BCUT2D eigenvalue weighted by atomic mass is 15.2. The maximum Gasteiger partial charge on any atom is 0.0241 e. The molecule has 0 saturated heterocycles. The van der Waals surface area contributed by atoms with E-state index in [1.807, 2.05) is 0 Å². The lowest BCUT2D eigenvalue weighted by molar-refractivity contribution is 0.224. The minimum atomic E-state index is 0.604. The van der Waals surface area contributed by atoms with Gasteiger partial charge in [0.05, 0.1) is 0 Å². The first-order chi connectivity index (χ1) is 8.86. The Morgan fingerprint density at radius 1 is 0.944 bits per heavy atom. The molecular formula is C16H30N2. The fourth-order valence-electron chi connectivity index (χ4n) is 5.10. The van der Waals surface area contributed by atoms with Gasteiger partial charge in [-0.25, -0.2) is 0 Å². The Balaban J connectivity index is 1.55. The summed E-state index contributed by atoms with van der Waals surface area (Å²) >= 11 is 0. The summed E-state index contributed by atoms with van der Waals surface area (Å²) in [6.45, 7) is 0. The van der Waals surface area contributed by atoms with E-state index in [0.717, 1.165) is 23.7 Å². The Bertz CT molecular complexity index is 258. The number of hydrazine groups is 1. The Hall–Kier alpha value is -0.0800. The monoisotopic (exact) mass is 250 g/mol. The van der Waals surface area contributed by atoms with Crippen molar-refractivity contribution in [3.8, 4) is 0 Å². The lowest BCUT2D eigenvalue weighted by Crippen LogP contribution is -2.42. The van der Waals surface area contributed by atoms with Crippen LogP contribution in [0.3, 0.4) is 0 Å². The van der Waals surface area contributed by atoms with E-state index in [-0.39, 0.29) is 0 Å². The van der Waals surface area contributed by atoms with E-state index < -0.39 is 0 Å². The van der Waals surface area contributed by atoms with Gasteiger partial charge in [0.1, 0.15) is 0 Å². The molecule has 4 atom stereocenters. The molecule has 0 radical (unpaired) electrons. The van der Waals surface area contributed by atoms with Gasteiger partial charge in [-0.05, 0) is 62.2 Å². The smallest absolute Gasteiger partial charge is 0.0241 e. The molecule has 0 aromatic rings. The average molecular weight is 250 g/mol. The van der Waals surface area contributed by atoms with Gasteiger partial charge in [-0.3, -0.25) is 11.3 Å². The van der Waals surface area contributed by atoms with Gasteiger partial charge in [0.15, 0.2) is 0 Å². The quantitative estimate of drug-likeness (QED) is 0.454. The van der Waals surface area contributed by atoms with Crippen molar-refractivity contribution in [1.82, 2.24) is 5.43 Å². The van der Waals surface area contributed by atoms with Crippen LogP contribution in [0.1, 0.15) is 70.6 Å². The molecule has 3 fully saturated rings. The summed E-state index contributed by atoms with van der Waals surface area (Å²) in [6.07, 6.45) is 16.0. The van der Waals surface area contributed by atoms with Crippen LogP contribution in [0, 0.1) is 23.7 Å². The molecule has 4 unspecified atom stereocenters. The van der Waals surface area contributed by atoms with E-state index in [9.17, 15) is 0 Å². The van der Waals surface area contributed by atoms with Crippen molar-refractivity contribution in [2.45, 2.75) is 76.7 Å². The van der Waals surface area contributed by atoms with Gasteiger partial charge in [0.25, 0.3) is 0 Å². The molecule has 2 heteroatoms. The van der Waals surface area contributed by atoms with Gasteiger partial charge in [0.2, 0.25) is 0 Å². The molecule has 0 aliphatic heterocycles.